The Kier molecular flexibility index (Phi) is 4.86. The molecule has 2 aromatic carbocycles. The summed E-state index contributed by atoms with van der Waals surface area (Å²) in [7, 11) is 0. The molecular formula is C19H28NP. The Labute approximate surface area is 129 Å². The van der Waals surface area contributed by atoms with E-state index >= 15 is 0 Å². The van der Waals surface area contributed by atoms with Gasteiger partial charge in [-0.3, -0.25) is 0 Å². The molecule has 2 rings (SSSR count). The zero-order valence-corrected chi connectivity index (χ0v) is 14.4. The summed E-state index contributed by atoms with van der Waals surface area (Å²) in [5.41, 5.74) is 8.80. The fourth-order valence-electron chi connectivity index (χ4n) is 3.56. The van der Waals surface area contributed by atoms with Crippen molar-refractivity contribution in [1.82, 2.24) is 0 Å². The monoisotopic (exact) mass is 301 g/mol. The van der Waals surface area contributed by atoms with Gasteiger partial charge < -0.3 is 0 Å². The van der Waals surface area contributed by atoms with Crippen molar-refractivity contribution >= 4 is 17.4 Å². The minimum atomic E-state index is -2.58. The molecule has 0 fully saturated rings. The van der Waals surface area contributed by atoms with Gasteiger partial charge in [-0.2, -0.15) is 0 Å². The first-order chi connectivity index (χ1) is 10.1. The number of hydrogen-bond acceptors (Lipinski definition) is 1. The van der Waals surface area contributed by atoms with E-state index in [4.69, 9.17) is 5.50 Å². The minimum absolute atomic E-state index is 1.03. The van der Waals surface area contributed by atoms with Crippen molar-refractivity contribution in [3.8, 4) is 0 Å². The van der Waals surface area contributed by atoms with Crippen LogP contribution in [0.2, 0.25) is 0 Å². The molecule has 0 unspecified atom stereocenters. The van der Waals surface area contributed by atoms with Crippen LogP contribution in [-0.4, -0.2) is 12.3 Å². The van der Waals surface area contributed by atoms with E-state index in [9.17, 15) is 0 Å². The molecule has 21 heavy (non-hydrogen) atoms. The van der Waals surface area contributed by atoms with Gasteiger partial charge in [0.05, 0.1) is 0 Å². The van der Waals surface area contributed by atoms with Crippen molar-refractivity contribution in [2.45, 2.75) is 33.6 Å². The predicted octanol–water partition coefficient (Wildman–Crippen LogP) is 4.06. The molecule has 2 aromatic rings. The Morgan fingerprint density at radius 1 is 0.857 bits per heavy atom. The first-order valence-electron chi connectivity index (χ1n) is 8.05. The molecular weight excluding hydrogens is 273 g/mol. The Morgan fingerprint density at radius 2 is 1.48 bits per heavy atom. The molecule has 0 atom stereocenters. The van der Waals surface area contributed by atoms with E-state index in [1.807, 2.05) is 0 Å². The van der Waals surface area contributed by atoms with E-state index in [0.717, 1.165) is 25.2 Å². The van der Waals surface area contributed by atoms with E-state index in [-0.39, 0.29) is 0 Å². The molecule has 0 saturated carbocycles. The van der Waals surface area contributed by atoms with Gasteiger partial charge in [0, 0.05) is 0 Å². The van der Waals surface area contributed by atoms with E-state index in [1.54, 1.807) is 0 Å². The summed E-state index contributed by atoms with van der Waals surface area (Å²) in [6, 6.07) is 19.6. The topological polar surface area (TPSA) is 26.0 Å². The molecule has 0 aliphatic rings. The van der Waals surface area contributed by atoms with Gasteiger partial charge in [-0.05, 0) is 0 Å². The Hall–Kier alpha value is -1.17. The van der Waals surface area contributed by atoms with E-state index in [0.29, 0.717) is 0 Å². The molecule has 2 heteroatoms. The molecule has 0 radical (unpaired) electrons. The van der Waals surface area contributed by atoms with Gasteiger partial charge in [-0.25, -0.2) is 0 Å². The van der Waals surface area contributed by atoms with Crippen LogP contribution in [0.25, 0.3) is 0 Å². The van der Waals surface area contributed by atoms with Crippen LogP contribution in [0.3, 0.4) is 0 Å². The van der Waals surface area contributed by atoms with Crippen LogP contribution >= 0.6 is 6.75 Å². The van der Waals surface area contributed by atoms with Gasteiger partial charge in [0.2, 0.25) is 0 Å². The maximum absolute atomic E-state index is 7.38. The molecule has 0 spiro atoms. The second-order valence-electron chi connectivity index (χ2n) is 5.95. The number of hydrogen-bond donors (Lipinski definition) is 1. The summed E-state index contributed by atoms with van der Waals surface area (Å²) in [5.74, 6) is 0. The predicted molar refractivity (Wildman–Crippen MR) is 98.3 cm³/mol. The average Bonchev–Trinajstić information content (AvgIpc) is 2.56. The first-order valence-corrected chi connectivity index (χ1v) is 10.7. The number of benzene rings is 2. The standard InChI is InChI=1S/C19H28NP/c1-4-16-21(20,6-3,18-13-8-7-9-14-18)19-15-11-10-12-17(19)5-2/h7-15H,4-6,16,20H2,1-3H3. The molecule has 2 N–H and O–H groups in total. The maximum atomic E-state index is 7.38. The van der Waals surface area contributed by atoms with Crippen LogP contribution < -0.4 is 16.1 Å². The van der Waals surface area contributed by atoms with Crippen LogP contribution in [0.4, 0.5) is 0 Å². The van der Waals surface area contributed by atoms with Gasteiger partial charge in [-0.15, -0.1) is 0 Å². The number of nitrogens with two attached hydrogens (primary N) is 1. The van der Waals surface area contributed by atoms with Crippen molar-refractivity contribution in [3.05, 3.63) is 60.2 Å². The molecule has 0 heterocycles. The SMILES string of the molecule is CCCP(N)(CC)(c1ccccc1)c1ccccc1CC. The summed E-state index contributed by atoms with van der Waals surface area (Å²) >= 11 is 0. The third-order valence-electron chi connectivity index (χ3n) is 4.83. The normalized spacial score (nSPS) is 13.6. The van der Waals surface area contributed by atoms with Crippen molar-refractivity contribution in [1.29, 1.82) is 0 Å². The van der Waals surface area contributed by atoms with Crippen LogP contribution in [0, 0.1) is 0 Å². The molecule has 0 aliphatic heterocycles. The summed E-state index contributed by atoms with van der Waals surface area (Å²) in [4.78, 5) is 0. The molecule has 114 valence electrons. The van der Waals surface area contributed by atoms with Gasteiger partial charge >= 0.3 is 129 Å². The second-order valence-corrected chi connectivity index (χ2v) is 11.2. The third kappa shape index (κ3) is 2.65. The van der Waals surface area contributed by atoms with Gasteiger partial charge in [0.15, 0.2) is 0 Å². The summed E-state index contributed by atoms with van der Waals surface area (Å²) < 4.78 is 0. The Morgan fingerprint density at radius 3 is 2.05 bits per heavy atom. The summed E-state index contributed by atoms with van der Waals surface area (Å²) in [6.45, 7) is 4.17. The van der Waals surface area contributed by atoms with Crippen molar-refractivity contribution in [2.75, 3.05) is 12.3 Å². The fraction of sp³-hybridized carbons (Fsp3) is 0.368. The van der Waals surface area contributed by atoms with Gasteiger partial charge in [-0.1, -0.05) is 0 Å². The van der Waals surface area contributed by atoms with Crippen LogP contribution in [-0.2, 0) is 6.42 Å². The van der Waals surface area contributed by atoms with Crippen molar-refractivity contribution in [3.63, 3.8) is 0 Å². The molecule has 1 nitrogen and oxygen atoms in total. The van der Waals surface area contributed by atoms with Gasteiger partial charge in [0.1, 0.15) is 0 Å². The molecule has 0 saturated heterocycles. The summed E-state index contributed by atoms with van der Waals surface area (Å²) in [5, 5.41) is 2.77. The van der Waals surface area contributed by atoms with Crippen LogP contribution in [0.15, 0.2) is 54.6 Å². The number of rotatable bonds is 6. The number of aryl methyl sites for hydroxylation is 1. The van der Waals surface area contributed by atoms with Gasteiger partial charge in [0.25, 0.3) is 0 Å². The van der Waals surface area contributed by atoms with Crippen molar-refractivity contribution < 1.29 is 0 Å². The quantitative estimate of drug-likeness (QED) is 0.800. The van der Waals surface area contributed by atoms with Crippen LogP contribution in [0.5, 0.6) is 0 Å². The second kappa shape index (κ2) is 6.30. The zero-order valence-electron chi connectivity index (χ0n) is 13.5. The van der Waals surface area contributed by atoms with E-state index in [2.05, 4.69) is 75.4 Å². The van der Waals surface area contributed by atoms with E-state index in [1.165, 1.54) is 16.2 Å². The molecule has 0 aliphatic carbocycles. The Balaban J connectivity index is 2.78. The first kappa shape index (κ1) is 16.2. The average molecular weight is 301 g/mol. The Bertz CT molecular complexity index is 596. The third-order valence-corrected chi connectivity index (χ3v) is 11.0. The van der Waals surface area contributed by atoms with Crippen molar-refractivity contribution in [2.24, 2.45) is 5.50 Å². The molecule has 0 bridgehead atoms. The molecule has 0 aromatic heterocycles. The molecule has 0 amide bonds. The summed E-state index contributed by atoms with van der Waals surface area (Å²) in [6.07, 6.45) is 4.28. The fourth-order valence-corrected chi connectivity index (χ4v) is 8.70. The van der Waals surface area contributed by atoms with E-state index < -0.39 is 6.75 Å². The zero-order chi connectivity index (χ0) is 15.4. The van der Waals surface area contributed by atoms with Crippen LogP contribution in [0.1, 0.15) is 32.8 Å².